The van der Waals surface area contributed by atoms with Crippen LogP contribution in [0.25, 0.3) is 0 Å². The smallest absolute Gasteiger partial charge is 0.306 e. The Bertz CT molecular complexity index is 537. The number of rotatable bonds is 0. The van der Waals surface area contributed by atoms with Gasteiger partial charge in [0.05, 0.1) is 6.42 Å². The summed E-state index contributed by atoms with van der Waals surface area (Å²) in [6, 6.07) is 0. The molecule has 0 bridgehead atoms. The van der Waals surface area contributed by atoms with Crippen molar-refractivity contribution in [3.05, 3.63) is 11.1 Å². The zero-order chi connectivity index (χ0) is 15.1. The predicted molar refractivity (Wildman–Crippen MR) is 57.3 cm³/mol. The summed E-state index contributed by atoms with van der Waals surface area (Å²) in [5.41, 5.74) is 0.0974. The molecule has 1 fully saturated rings. The lowest BCUT2D eigenvalue weighted by molar-refractivity contribution is -0.140. The van der Waals surface area contributed by atoms with Crippen LogP contribution in [0.2, 0.25) is 0 Å². The monoisotopic (exact) mass is 211 g/mol. The Morgan fingerprint density at radius 2 is 2.40 bits per heavy atom. The molecule has 1 aliphatic heterocycles. The normalized spacial score (nSPS) is 54.1. The van der Waals surface area contributed by atoms with Gasteiger partial charge >= 0.3 is 5.97 Å². The maximum atomic E-state index is 11.6. The van der Waals surface area contributed by atoms with Gasteiger partial charge < -0.3 is 4.74 Å². The summed E-state index contributed by atoms with van der Waals surface area (Å²) in [4.78, 5) is 11.6. The maximum absolute atomic E-state index is 11.6. The van der Waals surface area contributed by atoms with Crippen molar-refractivity contribution in [2.75, 3.05) is 0 Å². The minimum Gasteiger partial charge on any atom is -0.457 e. The minimum absolute atomic E-state index is 0.0498. The highest BCUT2D eigenvalue weighted by Gasteiger charge is 2.49. The minimum atomic E-state index is -2.18. The van der Waals surface area contributed by atoms with Crippen LogP contribution in [-0.4, -0.2) is 12.1 Å². The van der Waals surface area contributed by atoms with Gasteiger partial charge in [-0.25, -0.2) is 0 Å². The lowest BCUT2D eigenvalue weighted by atomic mass is 9.72. The van der Waals surface area contributed by atoms with Crippen LogP contribution in [0.5, 0.6) is 0 Å². The third kappa shape index (κ3) is 1.27. The number of hydrogen-bond acceptors (Lipinski definition) is 2. The first kappa shape index (κ1) is 5.51. The van der Waals surface area contributed by atoms with Crippen LogP contribution in [0.15, 0.2) is 11.1 Å². The fraction of sp³-hybridized carbons (Fsp3) is 0.769. The van der Waals surface area contributed by atoms with Crippen molar-refractivity contribution in [1.29, 1.82) is 0 Å². The SMILES string of the molecule is [2H]C1([2H])CCC(C)(C)C2=C1C([2H])([2H])[C@]1([2H])CC(=O)O[C@H]21. The third-order valence-electron chi connectivity index (χ3n) is 3.50. The van der Waals surface area contributed by atoms with Gasteiger partial charge in [0, 0.05) is 12.7 Å². The summed E-state index contributed by atoms with van der Waals surface area (Å²) in [6.45, 7) is 3.82. The van der Waals surface area contributed by atoms with E-state index in [1.807, 2.05) is 13.8 Å². The molecule has 1 saturated heterocycles. The van der Waals surface area contributed by atoms with Crippen molar-refractivity contribution < 1.29 is 16.4 Å². The summed E-state index contributed by atoms with van der Waals surface area (Å²) in [5.74, 6) is -2.30. The van der Waals surface area contributed by atoms with Gasteiger partial charge in [0.2, 0.25) is 0 Å². The Morgan fingerprint density at radius 1 is 1.60 bits per heavy atom. The van der Waals surface area contributed by atoms with Gasteiger partial charge in [-0.3, -0.25) is 4.79 Å². The van der Waals surface area contributed by atoms with Crippen molar-refractivity contribution in [3.8, 4) is 0 Å². The predicted octanol–water partition coefficient (Wildman–Crippen LogP) is 2.83. The Morgan fingerprint density at radius 3 is 3.20 bits per heavy atom. The molecular weight excluding hydrogens is 188 g/mol. The van der Waals surface area contributed by atoms with E-state index in [-0.39, 0.29) is 18.4 Å². The van der Waals surface area contributed by atoms with Gasteiger partial charge in [0.15, 0.2) is 0 Å². The molecule has 0 aromatic heterocycles. The molecule has 0 spiro atoms. The Labute approximate surface area is 97.7 Å². The molecule has 0 radical (unpaired) electrons. The van der Waals surface area contributed by atoms with Crippen LogP contribution in [0, 0.1) is 11.3 Å². The maximum Gasteiger partial charge on any atom is 0.306 e. The molecule has 82 valence electrons. The number of carbonyl (C=O) groups excluding carboxylic acids is 1. The molecule has 2 atom stereocenters. The summed E-state index contributed by atoms with van der Waals surface area (Å²) in [5, 5.41) is 0. The highest BCUT2D eigenvalue weighted by atomic mass is 16.6. The van der Waals surface area contributed by atoms with Crippen LogP contribution < -0.4 is 0 Å². The Hall–Kier alpha value is -0.790. The largest absolute Gasteiger partial charge is 0.457 e. The van der Waals surface area contributed by atoms with Crippen LogP contribution >= 0.6 is 0 Å². The van der Waals surface area contributed by atoms with Crippen LogP contribution in [0.3, 0.4) is 0 Å². The van der Waals surface area contributed by atoms with Gasteiger partial charge in [-0.1, -0.05) is 19.4 Å². The van der Waals surface area contributed by atoms with Crippen molar-refractivity contribution >= 4 is 5.97 Å². The lowest BCUT2D eigenvalue weighted by Crippen LogP contribution is -2.27. The molecule has 0 N–H and O–H groups in total. The summed E-state index contributed by atoms with van der Waals surface area (Å²) in [7, 11) is 0. The lowest BCUT2D eigenvalue weighted by Gasteiger charge is -2.34. The standard InChI is InChI=1S/C13H18O2/c1-13(2)5-3-4-8-6-9-7-10(14)15-12(9)11(8)13/h9,12H,3-7H2,1-2H3/t9-,12+/m1/s1/i4D2,6D2,9D. The summed E-state index contributed by atoms with van der Waals surface area (Å²) >= 11 is 0. The van der Waals surface area contributed by atoms with E-state index in [4.69, 9.17) is 11.6 Å². The van der Waals surface area contributed by atoms with Gasteiger partial charge in [0.1, 0.15) is 6.10 Å². The van der Waals surface area contributed by atoms with E-state index in [2.05, 4.69) is 0 Å². The summed E-state index contributed by atoms with van der Waals surface area (Å²) < 4.78 is 46.6. The second kappa shape index (κ2) is 2.87. The van der Waals surface area contributed by atoms with Crippen molar-refractivity contribution in [2.24, 2.45) is 11.3 Å². The average molecular weight is 211 g/mol. The van der Waals surface area contributed by atoms with E-state index in [1.165, 1.54) is 0 Å². The molecule has 0 aromatic carbocycles. The molecule has 0 amide bonds. The molecule has 15 heavy (non-hydrogen) atoms. The molecule has 3 rings (SSSR count). The molecule has 1 heterocycles. The van der Waals surface area contributed by atoms with Crippen molar-refractivity contribution in [1.82, 2.24) is 0 Å². The first-order valence-corrected chi connectivity index (χ1v) is 5.39. The highest BCUT2D eigenvalue weighted by molar-refractivity contribution is 5.73. The van der Waals surface area contributed by atoms with E-state index in [0.717, 1.165) is 0 Å². The first-order valence-electron chi connectivity index (χ1n) is 7.89. The van der Waals surface area contributed by atoms with Gasteiger partial charge in [0.25, 0.3) is 0 Å². The Kier molecular flexibility index (Phi) is 1.05. The Balaban J connectivity index is 2.28. The number of carbonyl (C=O) groups is 1. The number of fused-ring (bicyclic) bond motifs is 2. The second-order valence-electron chi connectivity index (χ2n) is 5.05. The van der Waals surface area contributed by atoms with E-state index in [1.54, 1.807) is 0 Å². The van der Waals surface area contributed by atoms with E-state index < -0.39 is 36.1 Å². The fourth-order valence-electron chi connectivity index (χ4n) is 2.66. The van der Waals surface area contributed by atoms with Crippen molar-refractivity contribution in [2.45, 2.75) is 52.0 Å². The van der Waals surface area contributed by atoms with Gasteiger partial charge in [-0.15, -0.1) is 0 Å². The van der Waals surface area contributed by atoms with Crippen LogP contribution in [0.4, 0.5) is 0 Å². The number of ether oxygens (including phenoxy) is 1. The highest BCUT2D eigenvalue weighted by Crippen LogP contribution is 2.53. The number of allylic oxidation sites excluding steroid dienone is 1. The molecule has 2 nitrogen and oxygen atoms in total. The van der Waals surface area contributed by atoms with Gasteiger partial charge in [-0.05, 0) is 36.6 Å². The number of esters is 1. The summed E-state index contributed by atoms with van der Waals surface area (Å²) in [6.07, 6.45) is -4.44. The molecule has 0 unspecified atom stereocenters. The molecule has 3 aliphatic rings. The number of hydrogen-bond donors (Lipinski definition) is 0. The first-order chi connectivity index (χ1) is 8.93. The molecule has 2 aliphatic carbocycles. The van der Waals surface area contributed by atoms with Gasteiger partial charge in [-0.2, -0.15) is 0 Å². The van der Waals surface area contributed by atoms with E-state index in [0.29, 0.717) is 12.0 Å². The quantitative estimate of drug-likeness (QED) is 0.455. The van der Waals surface area contributed by atoms with E-state index >= 15 is 0 Å². The van der Waals surface area contributed by atoms with Crippen molar-refractivity contribution in [3.63, 3.8) is 0 Å². The topological polar surface area (TPSA) is 26.3 Å². The molecular formula is C13H18O2. The molecule has 0 saturated carbocycles. The zero-order valence-corrected chi connectivity index (χ0v) is 9.02. The van der Waals surface area contributed by atoms with Crippen LogP contribution in [0.1, 0.15) is 52.7 Å². The van der Waals surface area contributed by atoms with E-state index in [9.17, 15) is 4.79 Å². The van der Waals surface area contributed by atoms with Crippen LogP contribution in [-0.2, 0) is 9.53 Å². The average Bonchev–Trinajstić information content (AvgIpc) is 2.65. The zero-order valence-electron chi connectivity index (χ0n) is 14.0. The molecule has 2 heteroatoms. The second-order valence-corrected chi connectivity index (χ2v) is 5.05. The fourth-order valence-corrected chi connectivity index (χ4v) is 2.66. The third-order valence-corrected chi connectivity index (χ3v) is 3.50. The molecule has 0 aromatic rings.